The second-order valence-electron chi connectivity index (χ2n) is 9.30. The first-order valence-electron chi connectivity index (χ1n) is 10.8. The molecule has 4 heteroatoms. The normalized spacial score (nSPS) is 23.5. The fraction of sp³-hybridized carbons (Fsp3) is 0.560. The lowest BCUT2D eigenvalue weighted by molar-refractivity contribution is -0.146. The maximum absolute atomic E-state index is 13.2. The number of aryl methyl sites for hydroxylation is 1. The van der Waals surface area contributed by atoms with Crippen LogP contribution in [0, 0.1) is 18.3 Å². The van der Waals surface area contributed by atoms with Crippen molar-refractivity contribution in [1.29, 1.82) is 0 Å². The van der Waals surface area contributed by atoms with Crippen LogP contribution in [0.4, 0.5) is 0 Å². The average molecular weight is 396 g/mol. The minimum atomic E-state index is -0.539. The zero-order chi connectivity index (χ0) is 21.2. The van der Waals surface area contributed by atoms with Gasteiger partial charge in [-0.25, -0.2) is 0 Å². The quantitative estimate of drug-likeness (QED) is 0.469. The minimum absolute atomic E-state index is 0.106. The van der Waals surface area contributed by atoms with E-state index >= 15 is 0 Å². The van der Waals surface area contributed by atoms with E-state index in [1.807, 2.05) is 38.1 Å². The van der Waals surface area contributed by atoms with Gasteiger partial charge in [0.25, 0.3) is 0 Å². The highest BCUT2D eigenvalue weighted by atomic mass is 16.5. The van der Waals surface area contributed by atoms with Gasteiger partial charge < -0.3 is 4.74 Å². The van der Waals surface area contributed by atoms with Crippen molar-refractivity contribution in [1.82, 2.24) is 0 Å². The van der Waals surface area contributed by atoms with E-state index in [4.69, 9.17) is 9.73 Å². The van der Waals surface area contributed by atoms with Gasteiger partial charge in [0.2, 0.25) is 0 Å². The Morgan fingerprint density at radius 3 is 2.48 bits per heavy atom. The first kappa shape index (κ1) is 21.5. The highest BCUT2D eigenvalue weighted by Crippen LogP contribution is 2.47. The molecule has 4 nitrogen and oxygen atoms in total. The van der Waals surface area contributed by atoms with Crippen LogP contribution in [0.25, 0.3) is 0 Å². The third kappa shape index (κ3) is 4.68. The smallest absolute Gasteiger partial charge is 0.315 e. The van der Waals surface area contributed by atoms with Gasteiger partial charge >= 0.3 is 5.97 Å². The lowest BCUT2D eigenvalue weighted by Gasteiger charge is -2.39. The number of esters is 1. The summed E-state index contributed by atoms with van der Waals surface area (Å²) >= 11 is 0. The van der Waals surface area contributed by atoms with Crippen LogP contribution < -0.4 is 0 Å². The van der Waals surface area contributed by atoms with Crippen molar-refractivity contribution < 1.29 is 14.3 Å². The van der Waals surface area contributed by atoms with Crippen molar-refractivity contribution in [2.45, 2.75) is 72.6 Å². The lowest BCUT2D eigenvalue weighted by atomic mass is 9.67. The van der Waals surface area contributed by atoms with Crippen LogP contribution in [-0.2, 0) is 14.3 Å². The van der Waals surface area contributed by atoms with Gasteiger partial charge in [0.05, 0.1) is 6.61 Å². The van der Waals surface area contributed by atoms with Gasteiger partial charge in [-0.15, -0.1) is 0 Å². The van der Waals surface area contributed by atoms with E-state index in [0.29, 0.717) is 18.6 Å². The molecule has 0 N–H and O–H groups in total. The second-order valence-corrected chi connectivity index (χ2v) is 9.30. The number of allylic oxidation sites excluding steroid dienone is 2. The summed E-state index contributed by atoms with van der Waals surface area (Å²) in [6.07, 6.45) is 4.22. The Bertz CT molecular complexity index is 845. The van der Waals surface area contributed by atoms with Crippen molar-refractivity contribution in [2.24, 2.45) is 16.3 Å². The molecule has 3 rings (SSSR count). The largest absolute Gasteiger partial charge is 0.465 e. The van der Waals surface area contributed by atoms with Gasteiger partial charge in [-0.3, -0.25) is 14.6 Å². The van der Waals surface area contributed by atoms with Crippen LogP contribution in [0.5, 0.6) is 0 Å². The number of unbranched alkanes of at least 4 members (excludes halogenated alkanes) is 2. The van der Waals surface area contributed by atoms with Gasteiger partial charge in [-0.05, 0) is 37.7 Å². The lowest BCUT2D eigenvalue weighted by Crippen LogP contribution is -2.39. The molecule has 0 saturated carbocycles. The van der Waals surface area contributed by atoms with Gasteiger partial charge in [0.1, 0.15) is 5.92 Å². The fourth-order valence-corrected chi connectivity index (χ4v) is 4.50. The molecule has 1 aliphatic carbocycles. The summed E-state index contributed by atoms with van der Waals surface area (Å²) in [5.74, 6) is -1.01. The topological polar surface area (TPSA) is 55.7 Å². The molecular formula is C25H33NO3. The van der Waals surface area contributed by atoms with Gasteiger partial charge in [0, 0.05) is 29.3 Å². The maximum atomic E-state index is 13.2. The Labute approximate surface area is 174 Å². The van der Waals surface area contributed by atoms with Crippen molar-refractivity contribution >= 4 is 17.5 Å². The number of carbonyl (C=O) groups excluding carboxylic acids is 2. The molecule has 1 heterocycles. The van der Waals surface area contributed by atoms with Crippen LogP contribution in [0.1, 0.15) is 76.8 Å². The molecule has 2 atom stereocenters. The summed E-state index contributed by atoms with van der Waals surface area (Å²) < 4.78 is 5.63. The Morgan fingerprint density at radius 1 is 1.14 bits per heavy atom. The van der Waals surface area contributed by atoms with Crippen molar-refractivity contribution in [3.05, 3.63) is 46.7 Å². The Balaban J connectivity index is 2.01. The van der Waals surface area contributed by atoms with Crippen LogP contribution in [-0.4, -0.2) is 24.1 Å². The first-order chi connectivity index (χ1) is 13.7. The number of hydrogen-bond donors (Lipinski definition) is 0. The predicted molar refractivity (Wildman–Crippen MR) is 116 cm³/mol. The van der Waals surface area contributed by atoms with E-state index in [2.05, 4.69) is 20.8 Å². The number of ketones is 1. The number of rotatable bonds is 6. The zero-order valence-corrected chi connectivity index (χ0v) is 18.4. The highest BCUT2D eigenvalue weighted by molar-refractivity contribution is 6.09. The van der Waals surface area contributed by atoms with Crippen molar-refractivity contribution in [3.63, 3.8) is 0 Å². The molecule has 0 spiro atoms. The molecule has 0 bridgehead atoms. The van der Waals surface area contributed by atoms with Crippen molar-refractivity contribution in [3.8, 4) is 0 Å². The number of hydrogen-bond acceptors (Lipinski definition) is 4. The Hall–Kier alpha value is -2.23. The zero-order valence-electron chi connectivity index (χ0n) is 18.4. The standard InChI is InChI=1S/C25H33NO3/c1-6-7-8-13-29-24(28)21-17(3)26-19-14-25(4,5)15-20(27)23(19)22(21)18-11-9-16(2)10-12-18/h9-12,21-22H,6-8,13-15H2,1-5H3/t21?,22-/m0/s1. The molecule has 1 unspecified atom stereocenters. The monoisotopic (exact) mass is 395 g/mol. The van der Waals surface area contributed by atoms with E-state index in [9.17, 15) is 9.59 Å². The number of nitrogens with zero attached hydrogens (tertiary/aromatic N) is 1. The molecule has 0 amide bonds. The Morgan fingerprint density at radius 2 is 1.83 bits per heavy atom. The number of Topliss-reactive ketones (excluding diaryl/α,β-unsaturated/α-hetero) is 1. The fourth-order valence-electron chi connectivity index (χ4n) is 4.50. The van der Waals surface area contributed by atoms with Crippen LogP contribution in [0.3, 0.4) is 0 Å². The first-order valence-corrected chi connectivity index (χ1v) is 10.8. The highest BCUT2D eigenvalue weighted by Gasteiger charge is 2.45. The summed E-state index contributed by atoms with van der Waals surface area (Å²) in [6.45, 7) is 10.7. The minimum Gasteiger partial charge on any atom is -0.465 e. The van der Waals surface area contributed by atoms with E-state index < -0.39 is 5.92 Å². The SMILES string of the molecule is CCCCCOC(=O)C1C(C)=NC2=C(C(=O)CC(C)(C)C2)[C@H]1c1ccc(C)cc1. The van der Waals surface area contributed by atoms with Crippen LogP contribution >= 0.6 is 0 Å². The molecular weight excluding hydrogens is 362 g/mol. The molecule has 1 aromatic carbocycles. The second kappa shape index (κ2) is 8.64. The van der Waals surface area contributed by atoms with Gasteiger partial charge in [0.15, 0.2) is 5.78 Å². The molecule has 0 saturated heterocycles. The van der Waals surface area contributed by atoms with E-state index in [1.165, 1.54) is 0 Å². The number of ether oxygens (including phenoxy) is 1. The molecule has 1 aliphatic heterocycles. The molecule has 2 aliphatic rings. The van der Waals surface area contributed by atoms with Crippen LogP contribution in [0.15, 0.2) is 40.5 Å². The summed E-state index contributed by atoms with van der Waals surface area (Å²) in [4.78, 5) is 31.0. The molecule has 156 valence electrons. The molecule has 29 heavy (non-hydrogen) atoms. The summed E-state index contributed by atoms with van der Waals surface area (Å²) in [5, 5.41) is 0. The summed E-state index contributed by atoms with van der Waals surface area (Å²) in [6, 6.07) is 8.15. The molecule has 0 fully saturated rings. The van der Waals surface area contributed by atoms with Gasteiger partial charge in [-0.1, -0.05) is 63.4 Å². The number of aliphatic imine (C=N–C) groups is 1. The predicted octanol–water partition coefficient (Wildman–Crippen LogP) is 5.55. The summed E-state index contributed by atoms with van der Waals surface area (Å²) in [7, 11) is 0. The molecule has 0 radical (unpaired) electrons. The molecule has 0 aromatic heterocycles. The molecule has 1 aromatic rings. The van der Waals surface area contributed by atoms with E-state index in [1.54, 1.807) is 0 Å². The summed E-state index contributed by atoms with van der Waals surface area (Å²) in [5.41, 5.74) is 4.35. The average Bonchev–Trinajstić information content (AvgIpc) is 2.63. The number of benzene rings is 1. The van der Waals surface area contributed by atoms with E-state index in [-0.39, 0.29) is 23.1 Å². The third-order valence-corrected chi connectivity index (χ3v) is 5.98. The van der Waals surface area contributed by atoms with Crippen molar-refractivity contribution in [2.75, 3.05) is 6.61 Å². The third-order valence-electron chi connectivity index (χ3n) is 5.98. The van der Waals surface area contributed by atoms with Gasteiger partial charge in [-0.2, -0.15) is 0 Å². The van der Waals surface area contributed by atoms with E-state index in [0.717, 1.165) is 48.2 Å². The Kier molecular flexibility index (Phi) is 6.40. The van der Waals surface area contributed by atoms with Crippen LogP contribution in [0.2, 0.25) is 0 Å². The maximum Gasteiger partial charge on any atom is 0.315 e. The number of carbonyl (C=O) groups is 2.